The summed E-state index contributed by atoms with van der Waals surface area (Å²) in [4.78, 5) is 66.8. The minimum Gasteiger partial charge on any atom is -0.344 e. The van der Waals surface area contributed by atoms with Gasteiger partial charge in [0, 0.05) is 45.3 Å². The van der Waals surface area contributed by atoms with Gasteiger partial charge >= 0.3 is 12.2 Å². The Labute approximate surface area is 241 Å². The summed E-state index contributed by atoms with van der Waals surface area (Å²) >= 11 is 0. The molecule has 2 aliphatic heterocycles. The fourth-order valence-corrected chi connectivity index (χ4v) is 5.28. The summed E-state index contributed by atoms with van der Waals surface area (Å²) in [6.45, 7) is 0.607. The first-order valence-electron chi connectivity index (χ1n) is 13.9. The molecule has 224 valence electrons. The Bertz CT molecular complexity index is 1280. The van der Waals surface area contributed by atoms with Crippen molar-refractivity contribution in [1.82, 2.24) is 20.4 Å². The first-order valence-corrected chi connectivity index (χ1v) is 13.9. The highest BCUT2D eigenvalue weighted by atomic mass is 19.4. The number of amides is 4. The van der Waals surface area contributed by atoms with Crippen molar-refractivity contribution in [3.05, 3.63) is 71.8 Å². The van der Waals surface area contributed by atoms with E-state index in [4.69, 9.17) is 0 Å². The van der Waals surface area contributed by atoms with Gasteiger partial charge < -0.3 is 20.4 Å². The van der Waals surface area contributed by atoms with Crippen molar-refractivity contribution < 1.29 is 37.1 Å². The van der Waals surface area contributed by atoms with Crippen molar-refractivity contribution in [3.8, 4) is 0 Å². The van der Waals surface area contributed by atoms with Crippen LogP contribution in [0.2, 0.25) is 0 Å². The number of urea groups is 1. The van der Waals surface area contributed by atoms with E-state index in [9.17, 15) is 37.1 Å². The Morgan fingerprint density at radius 3 is 1.90 bits per heavy atom. The van der Waals surface area contributed by atoms with Gasteiger partial charge in [-0.05, 0) is 24.0 Å². The number of hydrogen-bond acceptors (Lipinski definition) is 5. The Hall–Kier alpha value is -4.22. The Kier molecular flexibility index (Phi) is 9.97. The predicted octanol–water partition coefficient (Wildman–Crippen LogP) is 2.82. The zero-order valence-electron chi connectivity index (χ0n) is 22.9. The molecule has 2 fully saturated rings. The van der Waals surface area contributed by atoms with Crippen molar-refractivity contribution in [1.29, 1.82) is 0 Å². The summed E-state index contributed by atoms with van der Waals surface area (Å²) in [6.07, 6.45) is -4.36. The molecule has 0 radical (unpaired) electrons. The lowest BCUT2D eigenvalue weighted by molar-refractivity contribution is -0.173. The van der Waals surface area contributed by atoms with Crippen LogP contribution < -0.4 is 10.6 Å². The van der Waals surface area contributed by atoms with Gasteiger partial charge in [-0.2, -0.15) is 13.2 Å². The number of likely N-dealkylation sites (tertiary alicyclic amines) is 2. The number of Topliss-reactive ketones (excluding diaryl/α,β-unsaturated/α-hetero) is 2. The Balaban J connectivity index is 1.51. The minimum absolute atomic E-state index is 0.0523. The number of piperidine rings is 1. The molecule has 0 saturated carbocycles. The first kappa shape index (κ1) is 30.7. The fraction of sp³-hybridized carbons (Fsp3) is 0.433. The van der Waals surface area contributed by atoms with Gasteiger partial charge in [0.25, 0.3) is 5.78 Å². The summed E-state index contributed by atoms with van der Waals surface area (Å²) < 4.78 is 40.2. The second-order valence-electron chi connectivity index (χ2n) is 10.5. The number of benzene rings is 2. The largest absolute Gasteiger partial charge is 0.452 e. The maximum Gasteiger partial charge on any atom is 0.452 e. The van der Waals surface area contributed by atoms with Crippen LogP contribution in [-0.4, -0.2) is 83.1 Å². The summed E-state index contributed by atoms with van der Waals surface area (Å²) in [5, 5.41) is 5.00. The second kappa shape index (κ2) is 13.6. The molecular formula is C30H33F3N4O5. The highest BCUT2D eigenvalue weighted by Crippen LogP contribution is 2.23. The van der Waals surface area contributed by atoms with Crippen LogP contribution in [0.1, 0.15) is 36.8 Å². The fourth-order valence-electron chi connectivity index (χ4n) is 5.28. The molecule has 2 aromatic carbocycles. The number of nitrogens with zero attached hydrogens (tertiary/aromatic N) is 2. The van der Waals surface area contributed by atoms with Gasteiger partial charge in [-0.25, -0.2) is 4.79 Å². The number of halogens is 3. The van der Waals surface area contributed by atoms with Crippen LogP contribution >= 0.6 is 0 Å². The molecule has 0 aliphatic carbocycles. The highest BCUT2D eigenvalue weighted by molar-refractivity contribution is 5.96. The third-order valence-electron chi connectivity index (χ3n) is 7.52. The van der Waals surface area contributed by atoms with Crippen LogP contribution in [0.3, 0.4) is 0 Å². The number of nitrogens with one attached hydrogen (secondary N) is 2. The molecular weight excluding hydrogens is 553 g/mol. The van der Waals surface area contributed by atoms with Crippen LogP contribution in [-0.2, 0) is 32.0 Å². The summed E-state index contributed by atoms with van der Waals surface area (Å²) in [7, 11) is 0. The van der Waals surface area contributed by atoms with Gasteiger partial charge in [-0.3, -0.25) is 19.2 Å². The third-order valence-corrected chi connectivity index (χ3v) is 7.52. The molecule has 9 nitrogen and oxygen atoms in total. The van der Waals surface area contributed by atoms with Gasteiger partial charge in [0.2, 0.25) is 11.8 Å². The van der Waals surface area contributed by atoms with Gasteiger partial charge in [0.1, 0.15) is 23.9 Å². The molecule has 0 spiro atoms. The highest BCUT2D eigenvalue weighted by Gasteiger charge is 2.45. The van der Waals surface area contributed by atoms with E-state index in [-0.39, 0.29) is 57.5 Å². The molecule has 12 heteroatoms. The average molecular weight is 587 g/mol. The molecule has 4 rings (SSSR count). The molecule has 4 amide bonds. The van der Waals surface area contributed by atoms with Gasteiger partial charge in [-0.15, -0.1) is 0 Å². The third kappa shape index (κ3) is 7.95. The first-order chi connectivity index (χ1) is 20.0. The standard InChI is InChI=1S/C30H33F3N4O5/c31-30(32,33)26(39)23(18-20-8-3-1-4-9-20)34-27(40)25-12-7-15-37(25)28(41)24(19-21-10-5-2-6-11-21)35-29(42)36-16-13-22(38)14-17-36/h1-6,8-11,23-25H,7,12-19H2,(H,34,40)(H,35,42)/t23-,24+,25+/m1/s1. The SMILES string of the molecule is O=C1CCN(C(=O)N[C@@H](Cc2ccccc2)C(=O)N2CCC[C@H]2C(=O)N[C@H](Cc2ccccc2)C(=O)C(F)(F)F)CC1. The molecule has 0 aromatic heterocycles. The number of alkyl halides is 3. The molecule has 3 atom stereocenters. The zero-order valence-corrected chi connectivity index (χ0v) is 22.9. The van der Waals surface area contributed by atoms with Crippen molar-refractivity contribution in [2.45, 2.75) is 62.8 Å². The van der Waals surface area contributed by atoms with Crippen LogP contribution in [0.5, 0.6) is 0 Å². The van der Waals surface area contributed by atoms with Crippen molar-refractivity contribution in [2.24, 2.45) is 0 Å². The number of ketones is 2. The second-order valence-corrected chi connectivity index (χ2v) is 10.5. The van der Waals surface area contributed by atoms with Gasteiger partial charge in [0.15, 0.2) is 0 Å². The van der Waals surface area contributed by atoms with Crippen LogP contribution in [0, 0.1) is 0 Å². The number of hydrogen-bond donors (Lipinski definition) is 2. The maximum atomic E-state index is 13.8. The van der Waals surface area contributed by atoms with Gasteiger partial charge in [-0.1, -0.05) is 60.7 Å². The normalized spacial score (nSPS) is 18.7. The van der Waals surface area contributed by atoms with E-state index in [1.165, 1.54) is 9.80 Å². The van der Waals surface area contributed by atoms with E-state index in [1.807, 2.05) is 0 Å². The number of carbonyl (C=O) groups excluding carboxylic acids is 5. The lowest BCUT2D eigenvalue weighted by atomic mass is 10.0. The van der Waals surface area contributed by atoms with E-state index in [2.05, 4.69) is 10.6 Å². The summed E-state index contributed by atoms with van der Waals surface area (Å²) in [5.74, 6) is -3.44. The Morgan fingerprint density at radius 1 is 0.810 bits per heavy atom. The maximum absolute atomic E-state index is 13.8. The van der Waals surface area contributed by atoms with Crippen molar-refractivity contribution in [2.75, 3.05) is 19.6 Å². The van der Waals surface area contributed by atoms with Crippen LogP contribution in [0.25, 0.3) is 0 Å². The molecule has 0 unspecified atom stereocenters. The van der Waals surface area contributed by atoms with E-state index in [0.29, 0.717) is 12.0 Å². The van der Waals surface area contributed by atoms with Gasteiger partial charge in [0.05, 0.1) is 0 Å². The minimum atomic E-state index is -5.16. The lowest BCUT2D eigenvalue weighted by Gasteiger charge is -2.32. The lowest BCUT2D eigenvalue weighted by Crippen LogP contribution is -2.58. The van der Waals surface area contributed by atoms with Crippen LogP contribution in [0.15, 0.2) is 60.7 Å². The van der Waals surface area contributed by atoms with Crippen molar-refractivity contribution >= 4 is 29.4 Å². The van der Waals surface area contributed by atoms with E-state index >= 15 is 0 Å². The van der Waals surface area contributed by atoms with Crippen molar-refractivity contribution in [3.63, 3.8) is 0 Å². The quantitative estimate of drug-likeness (QED) is 0.469. The van der Waals surface area contributed by atoms with Crippen LogP contribution in [0.4, 0.5) is 18.0 Å². The zero-order chi connectivity index (χ0) is 30.3. The summed E-state index contributed by atoms with van der Waals surface area (Å²) in [6, 6.07) is 12.4. The number of carbonyl (C=O) groups is 5. The molecule has 2 saturated heterocycles. The predicted molar refractivity (Wildman–Crippen MR) is 146 cm³/mol. The monoisotopic (exact) mass is 586 g/mol. The average Bonchev–Trinajstić information content (AvgIpc) is 3.47. The molecule has 2 N–H and O–H groups in total. The molecule has 2 heterocycles. The van der Waals surface area contributed by atoms with E-state index in [1.54, 1.807) is 60.7 Å². The summed E-state index contributed by atoms with van der Waals surface area (Å²) in [5.41, 5.74) is 1.19. The number of rotatable bonds is 9. The molecule has 0 bridgehead atoms. The Morgan fingerprint density at radius 2 is 1.36 bits per heavy atom. The van der Waals surface area contributed by atoms with E-state index in [0.717, 1.165) is 5.56 Å². The molecule has 42 heavy (non-hydrogen) atoms. The molecule has 2 aliphatic rings. The van der Waals surface area contributed by atoms with E-state index < -0.39 is 47.9 Å². The molecule has 2 aromatic rings. The smallest absolute Gasteiger partial charge is 0.344 e. The topological polar surface area (TPSA) is 116 Å².